The third kappa shape index (κ3) is 2.60. The van der Waals surface area contributed by atoms with Crippen LogP contribution in [-0.2, 0) is 11.2 Å². The molecule has 0 fully saturated rings. The smallest absolute Gasteiger partial charge is 0.307 e. The second-order valence-electron chi connectivity index (χ2n) is 6.33. The Morgan fingerprint density at radius 3 is 2.65 bits per heavy atom. The van der Waals surface area contributed by atoms with Crippen LogP contribution >= 0.6 is 0 Å². The monoisotopic (exact) mass is 345 g/mol. The zero-order valence-corrected chi connectivity index (χ0v) is 14.2. The number of hydrogen-bond donors (Lipinski definition) is 1. The number of aliphatic carboxylic acids is 1. The highest BCUT2D eigenvalue weighted by Gasteiger charge is 2.18. The third-order valence-electron chi connectivity index (χ3n) is 4.69. The number of halogens is 1. The van der Waals surface area contributed by atoms with Crippen molar-refractivity contribution in [3.63, 3.8) is 0 Å². The Labute approximate surface area is 149 Å². The first-order valence-corrected chi connectivity index (χ1v) is 8.33. The summed E-state index contributed by atoms with van der Waals surface area (Å²) in [6, 6.07) is 16.3. The van der Waals surface area contributed by atoms with Gasteiger partial charge in [0, 0.05) is 17.1 Å². The highest BCUT2D eigenvalue weighted by Crippen LogP contribution is 2.38. The summed E-state index contributed by atoms with van der Waals surface area (Å²) in [6.45, 7) is 1.91. The SMILES string of the molecule is Cc1cc2ccccc2c(-c2ccc(F)c3cccnc23)c1CC(=O)O. The summed E-state index contributed by atoms with van der Waals surface area (Å²) in [4.78, 5) is 15.9. The molecule has 0 amide bonds. The molecule has 4 aromatic rings. The van der Waals surface area contributed by atoms with E-state index in [-0.39, 0.29) is 12.2 Å². The van der Waals surface area contributed by atoms with Crippen LogP contribution in [0.25, 0.3) is 32.8 Å². The summed E-state index contributed by atoms with van der Waals surface area (Å²) in [7, 11) is 0. The molecule has 26 heavy (non-hydrogen) atoms. The topological polar surface area (TPSA) is 50.2 Å². The number of aromatic nitrogens is 1. The van der Waals surface area contributed by atoms with Gasteiger partial charge in [0.15, 0.2) is 0 Å². The van der Waals surface area contributed by atoms with Gasteiger partial charge in [-0.15, -0.1) is 0 Å². The molecule has 0 aliphatic heterocycles. The van der Waals surface area contributed by atoms with E-state index < -0.39 is 5.97 Å². The lowest BCUT2D eigenvalue weighted by Crippen LogP contribution is -2.05. The molecule has 1 heterocycles. The zero-order valence-electron chi connectivity index (χ0n) is 14.2. The summed E-state index contributed by atoms with van der Waals surface area (Å²) in [5, 5.41) is 11.8. The number of carboxylic acid groups (broad SMARTS) is 1. The summed E-state index contributed by atoms with van der Waals surface area (Å²) in [6.07, 6.45) is 1.53. The molecule has 4 heteroatoms. The van der Waals surface area contributed by atoms with Crippen molar-refractivity contribution in [2.45, 2.75) is 13.3 Å². The van der Waals surface area contributed by atoms with Gasteiger partial charge in [-0.05, 0) is 58.7 Å². The first-order chi connectivity index (χ1) is 12.6. The van der Waals surface area contributed by atoms with Crippen LogP contribution in [0.15, 0.2) is 60.8 Å². The molecule has 0 unspecified atom stereocenters. The van der Waals surface area contributed by atoms with E-state index in [0.717, 1.165) is 33.0 Å². The van der Waals surface area contributed by atoms with Gasteiger partial charge < -0.3 is 5.11 Å². The number of carbonyl (C=O) groups is 1. The Kier molecular flexibility index (Phi) is 3.88. The molecule has 0 bridgehead atoms. The van der Waals surface area contributed by atoms with Crippen molar-refractivity contribution >= 4 is 27.6 Å². The minimum absolute atomic E-state index is 0.0995. The van der Waals surface area contributed by atoms with Crippen LogP contribution in [0.5, 0.6) is 0 Å². The maximum absolute atomic E-state index is 14.3. The number of pyridine rings is 1. The molecule has 0 saturated heterocycles. The Hall–Kier alpha value is -3.27. The van der Waals surface area contributed by atoms with Gasteiger partial charge in [-0.3, -0.25) is 9.78 Å². The van der Waals surface area contributed by atoms with Crippen molar-refractivity contribution in [3.8, 4) is 11.1 Å². The molecule has 0 radical (unpaired) electrons. The highest BCUT2D eigenvalue weighted by molar-refractivity contribution is 6.06. The molecule has 4 rings (SSSR count). The molecule has 0 spiro atoms. The number of fused-ring (bicyclic) bond motifs is 2. The number of aryl methyl sites for hydroxylation is 1. The second kappa shape index (κ2) is 6.23. The number of hydrogen-bond acceptors (Lipinski definition) is 2. The molecular weight excluding hydrogens is 329 g/mol. The number of nitrogens with zero attached hydrogens (tertiary/aromatic N) is 1. The van der Waals surface area contributed by atoms with Crippen LogP contribution < -0.4 is 0 Å². The predicted molar refractivity (Wildman–Crippen MR) is 101 cm³/mol. The van der Waals surface area contributed by atoms with Crippen LogP contribution in [0.3, 0.4) is 0 Å². The minimum atomic E-state index is -0.899. The van der Waals surface area contributed by atoms with E-state index in [0.29, 0.717) is 10.9 Å². The van der Waals surface area contributed by atoms with E-state index in [4.69, 9.17) is 0 Å². The van der Waals surface area contributed by atoms with Gasteiger partial charge in [-0.2, -0.15) is 0 Å². The van der Waals surface area contributed by atoms with E-state index >= 15 is 0 Å². The van der Waals surface area contributed by atoms with E-state index in [9.17, 15) is 14.3 Å². The molecule has 1 N–H and O–H groups in total. The first-order valence-electron chi connectivity index (χ1n) is 8.33. The van der Waals surface area contributed by atoms with Gasteiger partial charge in [-0.1, -0.05) is 30.3 Å². The fraction of sp³-hybridized carbons (Fsp3) is 0.0909. The lowest BCUT2D eigenvalue weighted by Gasteiger charge is -2.17. The van der Waals surface area contributed by atoms with Crippen LogP contribution in [0.4, 0.5) is 4.39 Å². The number of rotatable bonds is 3. The maximum Gasteiger partial charge on any atom is 0.307 e. The second-order valence-corrected chi connectivity index (χ2v) is 6.33. The third-order valence-corrected chi connectivity index (χ3v) is 4.69. The molecule has 3 nitrogen and oxygen atoms in total. The standard InChI is InChI=1S/C22H16FNO2/c1-13-11-14-5-2-3-6-15(14)21(18(13)12-20(25)26)17-8-9-19(23)16-7-4-10-24-22(16)17/h2-11H,12H2,1H3,(H,25,26). The van der Waals surface area contributed by atoms with Crippen LogP contribution in [0, 0.1) is 12.7 Å². The van der Waals surface area contributed by atoms with Crippen molar-refractivity contribution in [1.29, 1.82) is 0 Å². The Balaban J connectivity index is 2.17. The average molecular weight is 345 g/mol. The van der Waals surface area contributed by atoms with Gasteiger partial charge in [-0.25, -0.2) is 4.39 Å². The van der Waals surface area contributed by atoms with Gasteiger partial charge in [0.05, 0.1) is 11.9 Å². The minimum Gasteiger partial charge on any atom is -0.481 e. The molecule has 128 valence electrons. The van der Waals surface area contributed by atoms with E-state index in [1.807, 2.05) is 37.3 Å². The molecule has 3 aromatic carbocycles. The zero-order chi connectivity index (χ0) is 18.3. The quantitative estimate of drug-likeness (QED) is 0.560. The van der Waals surface area contributed by atoms with Gasteiger partial charge in [0.1, 0.15) is 5.82 Å². The fourth-order valence-corrected chi connectivity index (χ4v) is 3.56. The summed E-state index contributed by atoms with van der Waals surface area (Å²) in [5.41, 5.74) is 3.73. The van der Waals surface area contributed by atoms with E-state index in [1.165, 1.54) is 6.07 Å². The summed E-state index contributed by atoms with van der Waals surface area (Å²) < 4.78 is 14.3. The lowest BCUT2D eigenvalue weighted by atomic mass is 9.87. The predicted octanol–water partition coefficient (Wildman–Crippen LogP) is 5.13. The van der Waals surface area contributed by atoms with E-state index in [2.05, 4.69) is 4.98 Å². The van der Waals surface area contributed by atoms with Crippen LogP contribution in [0.2, 0.25) is 0 Å². The Morgan fingerprint density at radius 1 is 1.08 bits per heavy atom. The van der Waals surface area contributed by atoms with Crippen molar-refractivity contribution in [1.82, 2.24) is 4.98 Å². The lowest BCUT2D eigenvalue weighted by molar-refractivity contribution is -0.136. The number of benzene rings is 3. The Morgan fingerprint density at radius 2 is 1.85 bits per heavy atom. The maximum atomic E-state index is 14.3. The van der Waals surface area contributed by atoms with Gasteiger partial charge in [0.25, 0.3) is 0 Å². The van der Waals surface area contributed by atoms with E-state index in [1.54, 1.807) is 24.4 Å². The largest absolute Gasteiger partial charge is 0.481 e. The number of carboxylic acids is 1. The highest BCUT2D eigenvalue weighted by atomic mass is 19.1. The normalized spacial score (nSPS) is 11.2. The fourth-order valence-electron chi connectivity index (χ4n) is 3.56. The first kappa shape index (κ1) is 16.2. The average Bonchev–Trinajstić information content (AvgIpc) is 2.63. The Bertz CT molecular complexity index is 1170. The summed E-state index contributed by atoms with van der Waals surface area (Å²) in [5.74, 6) is -1.24. The molecule has 0 aliphatic rings. The van der Waals surface area contributed by atoms with Crippen molar-refractivity contribution in [3.05, 3.63) is 77.7 Å². The van der Waals surface area contributed by atoms with Crippen molar-refractivity contribution in [2.75, 3.05) is 0 Å². The van der Waals surface area contributed by atoms with Crippen molar-refractivity contribution < 1.29 is 14.3 Å². The van der Waals surface area contributed by atoms with Crippen LogP contribution in [-0.4, -0.2) is 16.1 Å². The van der Waals surface area contributed by atoms with Gasteiger partial charge in [0.2, 0.25) is 0 Å². The molecule has 1 aromatic heterocycles. The molecule has 0 atom stereocenters. The molecule has 0 aliphatic carbocycles. The van der Waals surface area contributed by atoms with Gasteiger partial charge >= 0.3 is 5.97 Å². The van der Waals surface area contributed by atoms with Crippen molar-refractivity contribution in [2.24, 2.45) is 0 Å². The van der Waals surface area contributed by atoms with Crippen LogP contribution in [0.1, 0.15) is 11.1 Å². The molecule has 0 saturated carbocycles. The summed E-state index contributed by atoms with van der Waals surface area (Å²) >= 11 is 0. The molecular formula is C22H16FNO2.